The van der Waals surface area contributed by atoms with Crippen molar-refractivity contribution in [3.8, 4) is 11.6 Å². The molecule has 0 bridgehead atoms. The number of hydrogen-bond donors (Lipinski definition) is 2. The predicted molar refractivity (Wildman–Crippen MR) is 64.6 cm³/mol. The Bertz CT molecular complexity index is 500. The Morgan fingerprint density at radius 2 is 2.12 bits per heavy atom. The Balaban J connectivity index is 2.24. The van der Waals surface area contributed by atoms with Gasteiger partial charge in [0.1, 0.15) is 5.75 Å². The lowest BCUT2D eigenvalue weighted by Crippen LogP contribution is -2.00. The van der Waals surface area contributed by atoms with Gasteiger partial charge in [-0.15, -0.1) is 0 Å². The molecule has 1 heterocycles. The Kier molecular flexibility index (Phi) is 3.69. The zero-order chi connectivity index (χ0) is 12.1. The van der Waals surface area contributed by atoms with Crippen molar-refractivity contribution in [1.82, 2.24) is 4.98 Å². The van der Waals surface area contributed by atoms with Gasteiger partial charge in [-0.3, -0.25) is 0 Å². The fraction of sp³-hybridized carbons (Fsp3) is 0.154. The monoisotopic (exact) mass is 230 g/mol. The molecule has 1 aromatic carbocycles. The molecule has 0 saturated carbocycles. The van der Waals surface area contributed by atoms with Gasteiger partial charge in [0.2, 0.25) is 5.88 Å². The first-order valence-electron chi connectivity index (χ1n) is 5.35. The molecule has 0 amide bonds. The standard InChI is InChI=1S/C13H14N2O2/c14-8-11-4-2-6-15-13(11)17-12-5-1-3-10(7-12)9-16/h1-7,16H,8-9,14H2. The third-order valence-corrected chi connectivity index (χ3v) is 2.37. The van der Waals surface area contributed by atoms with Gasteiger partial charge in [0, 0.05) is 18.3 Å². The second kappa shape index (κ2) is 5.43. The molecular formula is C13H14N2O2. The van der Waals surface area contributed by atoms with Crippen molar-refractivity contribution in [2.45, 2.75) is 13.2 Å². The average molecular weight is 230 g/mol. The van der Waals surface area contributed by atoms with Gasteiger partial charge in [0.05, 0.1) is 6.61 Å². The average Bonchev–Trinajstić information content (AvgIpc) is 2.39. The normalized spacial score (nSPS) is 10.2. The summed E-state index contributed by atoms with van der Waals surface area (Å²) in [5, 5.41) is 9.04. The number of aliphatic hydroxyl groups excluding tert-OH is 1. The fourth-order valence-corrected chi connectivity index (χ4v) is 1.49. The van der Waals surface area contributed by atoms with Gasteiger partial charge < -0.3 is 15.6 Å². The van der Waals surface area contributed by atoms with Gasteiger partial charge in [-0.25, -0.2) is 4.98 Å². The van der Waals surface area contributed by atoms with Crippen LogP contribution in [0, 0.1) is 0 Å². The van der Waals surface area contributed by atoms with E-state index in [1.807, 2.05) is 30.3 Å². The summed E-state index contributed by atoms with van der Waals surface area (Å²) in [5.74, 6) is 1.15. The maximum absolute atomic E-state index is 9.04. The summed E-state index contributed by atoms with van der Waals surface area (Å²) in [6.45, 7) is 0.367. The van der Waals surface area contributed by atoms with E-state index in [1.54, 1.807) is 12.3 Å². The van der Waals surface area contributed by atoms with Crippen molar-refractivity contribution < 1.29 is 9.84 Å². The van der Waals surface area contributed by atoms with Crippen molar-refractivity contribution in [2.75, 3.05) is 0 Å². The van der Waals surface area contributed by atoms with Crippen molar-refractivity contribution in [3.63, 3.8) is 0 Å². The molecule has 0 saturated heterocycles. The van der Waals surface area contributed by atoms with E-state index in [4.69, 9.17) is 15.6 Å². The first-order valence-corrected chi connectivity index (χ1v) is 5.35. The third-order valence-electron chi connectivity index (χ3n) is 2.37. The maximum Gasteiger partial charge on any atom is 0.223 e. The Hall–Kier alpha value is -1.91. The van der Waals surface area contributed by atoms with Crippen LogP contribution in [0.5, 0.6) is 11.6 Å². The molecule has 4 heteroatoms. The molecule has 0 atom stereocenters. The molecule has 0 aliphatic carbocycles. The molecule has 3 N–H and O–H groups in total. The van der Waals surface area contributed by atoms with Crippen LogP contribution in [0.4, 0.5) is 0 Å². The first-order chi connectivity index (χ1) is 8.33. The van der Waals surface area contributed by atoms with Gasteiger partial charge in [0.25, 0.3) is 0 Å². The van der Waals surface area contributed by atoms with Crippen LogP contribution in [-0.4, -0.2) is 10.1 Å². The zero-order valence-electron chi connectivity index (χ0n) is 9.34. The summed E-state index contributed by atoms with van der Waals surface area (Å²) in [6.07, 6.45) is 1.66. The molecule has 0 aliphatic rings. The second-order valence-corrected chi connectivity index (χ2v) is 3.58. The molecule has 88 valence electrons. The summed E-state index contributed by atoms with van der Waals surface area (Å²) in [7, 11) is 0. The van der Waals surface area contributed by atoms with Crippen LogP contribution in [0.2, 0.25) is 0 Å². The predicted octanol–water partition coefficient (Wildman–Crippen LogP) is 1.82. The van der Waals surface area contributed by atoms with Gasteiger partial charge in [-0.1, -0.05) is 18.2 Å². The number of rotatable bonds is 4. The van der Waals surface area contributed by atoms with E-state index in [0.717, 1.165) is 11.1 Å². The highest BCUT2D eigenvalue weighted by atomic mass is 16.5. The number of nitrogens with zero attached hydrogens (tertiary/aromatic N) is 1. The maximum atomic E-state index is 9.04. The number of aliphatic hydroxyl groups is 1. The Morgan fingerprint density at radius 1 is 1.24 bits per heavy atom. The molecule has 0 fully saturated rings. The van der Waals surface area contributed by atoms with E-state index in [2.05, 4.69) is 4.98 Å². The first kappa shape index (κ1) is 11.6. The number of nitrogens with two attached hydrogens (primary N) is 1. The summed E-state index contributed by atoms with van der Waals surface area (Å²) < 4.78 is 5.64. The minimum absolute atomic E-state index is 0.0107. The summed E-state index contributed by atoms with van der Waals surface area (Å²) in [5.41, 5.74) is 7.25. The van der Waals surface area contributed by atoms with Crippen LogP contribution in [0.25, 0.3) is 0 Å². The molecule has 0 aliphatic heterocycles. The number of aromatic nitrogens is 1. The molecule has 2 rings (SSSR count). The highest BCUT2D eigenvalue weighted by Gasteiger charge is 2.04. The van der Waals surface area contributed by atoms with Crippen LogP contribution < -0.4 is 10.5 Å². The SMILES string of the molecule is NCc1cccnc1Oc1cccc(CO)c1. The summed E-state index contributed by atoms with van der Waals surface area (Å²) in [4.78, 5) is 4.14. The van der Waals surface area contributed by atoms with E-state index in [0.29, 0.717) is 18.2 Å². The highest BCUT2D eigenvalue weighted by molar-refractivity contribution is 5.34. The van der Waals surface area contributed by atoms with Crippen molar-refractivity contribution >= 4 is 0 Å². The molecule has 4 nitrogen and oxygen atoms in total. The molecule has 0 radical (unpaired) electrons. The highest BCUT2D eigenvalue weighted by Crippen LogP contribution is 2.23. The quantitative estimate of drug-likeness (QED) is 0.840. The van der Waals surface area contributed by atoms with Crippen LogP contribution in [0.1, 0.15) is 11.1 Å². The molecule has 2 aromatic rings. The van der Waals surface area contributed by atoms with Crippen molar-refractivity contribution in [1.29, 1.82) is 0 Å². The summed E-state index contributed by atoms with van der Waals surface area (Å²) >= 11 is 0. The smallest absolute Gasteiger partial charge is 0.223 e. The van der Waals surface area contributed by atoms with Gasteiger partial charge >= 0.3 is 0 Å². The van der Waals surface area contributed by atoms with E-state index in [-0.39, 0.29) is 6.61 Å². The second-order valence-electron chi connectivity index (χ2n) is 3.58. The van der Waals surface area contributed by atoms with Crippen LogP contribution in [0.3, 0.4) is 0 Å². The van der Waals surface area contributed by atoms with Gasteiger partial charge in [-0.05, 0) is 23.8 Å². The topological polar surface area (TPSA) is 68.4 Å². The number of ether oxygens (including phenoxy) is 1. The van der Waals surface area contributed by atoms with Gasteiger partial charge in [0.15, 0.2) is 0 Å². The number of benzene rings is 1. The largest absolute Gasteiger partial charge is 0.439 e. The van der Waals surface area contributed by atoms with E-state index in [1.165, 1.54) is 0 Å². The lowest BCUT2D eigenvalue weighted by molar-refractivity contribution is 0.281. The van der Waals surface area contributed by atoms with E-state index in [9.17, 15) is 0 Å². The third kappa shape index (κ3) is 2.81. The van der Waals surface area contributed by atoms with E-state index >= 15 is 0 Å². The minimum atomic E-state index is -0.0107. The number of pyridine rings is 1. The number of hydrogen-bond acceptors (Lipinski definition) is 4. The molecule has 0 unspecified atom stereocenters. The van der Waals surface area contributed by atoms with Crippen LogP contribution >= 0.6 is 0 Å². The van der Waals surface area contributed by atoms with Crippen LogP contribution in [0.15, 0.2) is 42.6 Å². The van der Waals surface area contributed by atoms with Gasteiger partial charge in [-0.2, -0.15) is 0 Å². The fourth-order valence-electron chi connectivity index (χ4n) is 1.49. The zero-order valence-corrected chi connectivity index (χ0v) is 9.34. The molecule has 0 spiro atoms. The minimum Gasteiger partial charge on any atom is -0.439 e. The van der Waals surface area contributed by atoms with E-state index < -0.39 is 0 Å². The lowest BCUT2D eigenvalue weighted by Gasteiger charge is -2.08. The Labute approximate surface area is 99.7 Å². The molecule has 17 heavy (non-hydrogen) atoms. The van der Waals surface area contributed by atoms with Crippen LogP contribution in [-0.2, 0) is 13.2 Å². The summed E-state index contributed by atoms with van der Waals surface area (Å²) in [6, 6.07) is 10.9. The molecular weight excluding hydrogens is 216 g/mol. The lowest BCUT2D eigenvalue weighted by atomic mass is 10.2. The van der Waals surface area contributed by atoms with Crippen molar-refractivity contribution in [3.05, 3.63) is 53.7 Å². The molecule has 1 aromatic heterocycles. The Morgan fingerprint density at radius 3 is 2.88 bits per heavy atom. The van der Waals surface area contributed by atoms with Crippen molar-refractivity contribution in [2.24, 2.45) is 5.73 Å².